The minimum Gasteiger partial charge on any atom is -0.395 e. The number of hydrogen-bond donors (Lipinski definition) is 3. The number of anilines is 3. The fraction of sp³-hybridized carbons (Fsp3) is 0.538. The van der Waals surface area contributed by atoms with Gasteiger partial charge in [-0.25, -0.2) is 13.2 Å². The molecule has 1 spiro atoms. The largest absolute Gasteiger partial charge is 0.395 e. The van der Waals surface area contributed by atoms with E-state index >= 15 is 4.39 Å². The van der Waals surface area contributed by atoms with Crippen molar-refractivity contribution in [2.45, 2.75) is 56.9 Å². The van der Waals surface area contributed by atoms with Crippen LogP contribution in [0.3, 0.4) is 0 Å². The zero-order valence-corrected chi connectivity index (χ0v) is 21.3. The molecule has 2 aliphatic carbocycles. The van der Waals surface area contributed by atoms with Crippen molar-refractivity contribution in [2.75, 3.05) is 40.4 Å². The number of carbonyl (C=O) groups excluding carboxylic acids is 1. The Morgan fingerprint density at radius 3 is 2.57 bits per heavy atom. The highest BCUT2D eigenvalue weighted by Crippen LogP contribution is 2.54. The average Bonchev–Trinajstić information content (AvgIpc) is 3.51. The van der Waals surface area contributed by atoms with Crippen LogP contribution in [0, 0.1) is 11.2 Å². The van der Waals surface area contributed by atoms with Crippen LogP contribution in [0.15, 0.2) is 35.3 Å². The molecule has 2 aromatic rings. The number of nitrogens with one attached hydrogen (secondary N) is 2. The minimum absolute atomic E-state index is 0.0329. The number of aliphatic hydroxyl groups excluding tert-OH is 1. The SMILES string of the molecule is O=C(Nc1cccn(C2CCC(F)(F)C2)c1=O)c1c(F)cc(NSCCO)cc1N1CCC2(CC1)CC2. The van der Waals surface area contributed by atoms with Gasteiger partial charge in [0.05, 0.1) is 17.9 Å². The first kappa shape index (κ1) is 26.0. The molecule has 37 heavy (non-hydrogen) atoms. The maximum absolute atomic E-state index is 15.5. The van der Waals surface area contributed by atoms with Gasteiger partial charge in [0.25, 0.3) is 11.5 Å². The minimum atomic E-state index is -2.82. The number of aromatic nitrogens is 1. The highest BCUT2D eigenvalue weighted by Gasteiger charge is 2.45. The summed E-state index contributed by atoms with van der Waals surface area (Å²) in [5, 5.41) is 11.6. The molecule has 1 aromatic carbocycles. The third-order valence-corrected chi connectivity index (χ3v) is 8.56. The van der Waals surface area contributed by atoms with Crippen LogP contribution in [0.5, 0.6) is 0 Å². The van der Waals surface area contributed by atoms with Crippen molar-refractivity contribution in [1.82, 2.24) is 4.57 Å². The smallest absolute Gasteiger partial charge is 0.274 e. The van der Waals surface area contributed by atoms with Gasteiger partial charge in [0.1, 0.15) is 11.5 Å². The zero-order valence-electron chi connectivity index (χ0n) is 20.4. The lowest BCUT2D eigenvalue weighted by atomic mass is 9.93. The topological polar surface area (TPSA) is 86.6 Å². The van der Waals surface area contributed by atoms with E-state index in [9.17, 15) is 18.4 Å². The van der Waals surface area contributed by atoms with Crippen LogP contribution >= 0.6 is 11.9 Å². The van der Waals surface area contributed by atoms with E-state index in [0.29, 0.717) is 35.6 Å². The Kier molecular flexibility index (Phi) is 7.19. The van der Waals surface area contributed by atoms with Gasteiger partial charge in [0, 0.05) is 49.6 Å². The molecule has 2 heterocycles. The molecule has 1 aliphatic heterocycles. The van der Waals surface area contributed by atoms with Crippen molar-refractivity contribution in [3.05, 3.63) is 52.2 Å². The standard InChI is InChI=1S/C26H31F3N4O3S/c27-19-14-17(31-37-13-12-34)15-21(32-10-7-25(5-6-25)8-11-32)22(19)23(35)30-20-2-1-9-33(24(20)36)18-3-4-26(28,29)16-18/h1-2,9,14-15,18,31,34H,3-8,10-13,16H2,(H,30,35). The second-order valence-electron chi connectivity index (χ2n) is 10.4. The molecule has 1 unspecified atom stereocenters. The van der Waals surface area contributed by atoms with E-state index in [-0.39, 0.29) is 30.7 Å². The average molecular weight is 537 g/mol. The Morgan fingerprint density at radius 2 is 1.92 bits per heavy atom. The normalized spacial score (nSPS) is 21.7. The predicted octanol–water partition coefficient (Wildman–Crippen LogP) is 5.03. The Morgan fingerprint density at radius 1 is 1.16 bits per heavy atom. The second kappa shape index (κ2) is 10.2. The number of rotatable bonds is 8. The van der Waals surface area contributed by atoms with Gasteiger partial charge in [-0.15, -0.1) is 0 Å². The van der Waals surface area contributed by atoms with Crippen molar-refractivity contribution >= 4 is 34.9 Å². The molecule has 11 heteroatoms. The molecular weight excluding hydrogens is 505 g/mol. The van der Waals surface area contributed by atoms with Crippen molar-refractivity contribution in [1.29, 1.82) is 0 Å². The molecule has 1 amide bonds. The van der Waals surface area contributed by atoms with E-state index in [1.807, 2.05) is 4.90 Å². The maximum atomic E-state index is 15.5. The lowest BCUT2D eigenvalue weighted by Crippen LogP contribution is -2.36. The molecule has 3 N–H and O–H groups in total. The molecule has 1 aromatic heterocycles. The van der Waals surface area contributed by atoms with Gasteiger partial charge < -0.3 is 24.6 Å². The van der Waals surface area contributed by atoms with E-state index in [1.54, 1.807) is 6.07 Å². The molecule has 1 saturated heterocycles. The van der Waals surface area contributed by atoms with Crippen molar-refractivity contribution in [2.24, 2.45) is 5.41 Å². The number of halogens is 3. The van der Waals surface area contributed by atoms with Crippen LogP contribution in [0.4, 0.5) is 30.2 Å². The van der Waals surface area contributed by atoms with Gasteiger partial charge in [0.15, 0.2) is 0 Å². The summed E-state index contributed by atoms with van der Waals surface area (Å²) in [5.74, 6) is -3.90. The van der Waals surface area contributed by atoms with Crippen LogP contribution in [-0.4, -0.2) is 47.0 Å². The first-order valence-corrected chi connectivity index (χ1v) is 13.7. The molecule has 7 nitrogen and oxygen atoms in total. The summed E-state index contributed by atoms with van der Waals surface area (Å²) in [5.41, 5.74) is 0.463. The summed E-state index contributed by atoms with van der Waals surface area (Å²) < 4.78 is 47.2. The summed E-state index contributed by atoms with van der Waals surface area (Å²) >= 11 is 1.23. The van der Waals surface area contributed by atoms with Crippen LogP contribution in [0.25, 0.3) is 0 Å². The maximum Gasteiger partial charge on any atom is 0.274 e. The van der Waals surface area contributed by atoms with Gasteiger partial charge in [-0.05, 0) is 61.8 Å². The number of benzene rings is 1. The molecule has 2 saturated carbocycles. The van der Waals surface area contributed by atoms with Gasteiger partial charge in [-0.3, -0.25) is 9.59 Å². The van der Waals surface area contributed by atoms with Crippen molar-refractivity contribution < 1.29 is 23.1 Å². The summed E-state index contributed by atoms with van der Waals surface area (Å²) in [6, 6.07) is 5.21. The highest BCUT2D eigenvalue weighted by atomic mass is 32.2. The van der Waals surface area contributed by atoms with Crippen LogP contribution in [0.2, 0.25) is 0 Å². The number of aliphatic hydroxyl groups is 1. The van der Waals surface area contributed by atoms with E-state index in [2.05, 4.69) is 10.0 Å². The Bertz CT molecular complexity index is 1220. The monoisotopic (exact) mass is 536 g/mol. The van der Waals surface area contributed by atoms with Crippen LogP contribution < -0.4 is 20.5 Å². The molecular formula is C26H31F3N4O3S. The lowest BCUT2D eigenvalue weighted by molar-refractivity contribution is 0.00551. The Hall–Kier alpha value is -2.66. The van der Waals surface area contributed by atoms with Crippen molar-refractivity contribution in [3.8, 4) is 0 Å². The third kappa shape index (κ3) is 5.62. The highest BCUT2D eigenvalue weighted by molar-refractivity contribution is 8.00. The Balaban J connectivity index is 1.42. The summed E-state index contributed by atoms with van der Waals surface area (Å²) in [4.78, 5) is 28.5. The number of piperidine rings is 1. The summed E-state index contributed by atoms with van der Waals surface area (Å²) in [6.45, 7) is 1.36. The lowest BCUT2D eigenvalue weighted by Gasteiger charge is -2.35. The van der Waals surface area contributed by atoms with E-state index in [0.717, 1.165) is 12.8 Å². The predicted molar refractivity (Wildman–Crippen MR) is 139 cm³/mol. The number of amides is 1. The number of carbonyl (C=O) groups is 1. The van der Waals surface area contributed by atoms with Crippen molar-refractivity contribution in [3.63, 3.8) is 0 Å². The fourth-order valence-electron chi connectivity index (χ4n) is 5.45. The molecule has 0 radical (unpaired) electrons. The van der Waals surface area contributed by atoms with E-state index < -0.39 is 35.7 Å². The molecule has 5 rings (SSSR count). The fourth-order valence-corrected chi connectivity index (χ4v) is 5.92. The molecule has 200 valence electrons. The van der Waals surface area contributed by atoms with Crippen LogP contribution in [0.1, 0.15) is 61.3 Å². The molecule has 1 atom stereocenters. The number of nitrogens with zero attached hydrogens (tertiary/aromatic N) is 2. The third-order valence-electron chi connectivity index (χ3n) is 7.80. The first-order chi connectivity index (χ1) is 17.7. The van der Waals surface area contributed by atoms with Gasteiger partial charge in [0.2, 0.25) is 5.92 Å². The van der Waals surface area contributed by atoms with Gasteiger partial charge in [-0.1, -0.05) is 11.9 Å². The second-order valence-corrected chi connectivity index (χ2v) is 11.3. The molecule has 3 fully saturated rings. The summed E-state index contributed by atoms with van der Waals surface area (Å²) in [6.07, 6.45) is 5.25. The first-order valence-electron chi connectivity index (χ1n) is 12.7. The zero-order chi connectivity index (χ0) is 26.2. The van der Waals surface area contributed by atoms with Crippen LogP contribution in [-0.2, 0) is 0 Å². The number of alkyl halides is 2. The molecule has 3 aliphatic rings. The van der Waals surface area contributed by atoms with E-state index in [1.165, 1.54) is 53.8 Å². The van der Waals surface area contributed by atoms with Gasteiger partial charge in [-0.2, -0.15) is 0 Å². The quantitative estimate of drug-likeness (QED) is 0.324. The Labute approximate surface area is 217 Å². The van der Waals surface area contributed by atoms with Gasteiger partial charge >= 0.3 is 0 Å². The molecule has 0 bridgehead atoms. The summed E-state index contributed by atoms with van der Waals surface area (Å²) in [7, 11) is 0. The number of pyridine rings is 1. The number of hydrogen-bond acceptors (Lipinski definition) is 6. The van der Waals surface area contributed by atoms with E-state index in [4.69, 9.17) is 5.11 Å².